The Hall–Kier alpha value is -3.98. The number of hydrogen-bond donors (Lipinski definition) is 3. The number of aliphatic hydroxyl groups is 1. The molecule has 2 amide bonds. The van der Waals surface area contributed by atoms with Crippen molar-refractivity contribution in [2.45, 2.75) is 19.4 Å². The van der Waals surface area contributed by atoms with E-state index in [1.165, 1.54) is 19.1 Å². The second-order valence-corrected chi connectivity index (χ2v) is 7.63. The summed E-state index contributed by atoms with van der Waals surface area (Å²) >= 11 is 0. The van der Waals surface area contributed by atoms with Crippen molar-refractivity contribution in [1.29, 1.82) is 0 Å². The van der Waals surface area contributed by atoms with Crippen molar-refractivity contribution in [2.75, 3.05) is 6.61 Å². The number of aryl methyl sites for hydroxylation is 1. The Morgan fingerprint density at radius 1 is 1.25 bits per heavy atom. The van der Waals surface area contributed by atoms with Crippen LogP contribution >= 0.6 is 0 Å². The summed E-state index contributed by atoms with van der Waals surface area (Å²) in [6.07, 6.45) is 1.56. The largest absolute Gasteiger partial charge is 0.460 e. The van der Waals surface area contributed by atoms with Crippen molar-refractivity contribution in [3.05, 3.63) is 71.9 Å². The molecule has 2 aromatic heterocycles. The number of primary amides is 1. The number of para-hydroxylation sites is 1. The first-order valence-electron chi connectivity index (χ1n) is 9.81. The molecule has 2 heterocycles. The summed E-state index contributed by atoms with van der Waals surface area (Å²) in [6.45, 7) is 2.19. The topological polar surface area (TPSA) is 123 Å². The minimum Gasteiger partial charge on any atom is -0.460 e. The fourth-order valence-electron chi connectivity index (χ4n) is 3.49. The highest BCUT2D eigenvalue weighted by atomic mass is 19.1. The molecule has 0 aliphatic heterocycles. The molecular weight excluding hydrogens is 415 g/mol. The van der Waals surface area contributed by atoms with Gasteiger partial charge in [-0.05, 0) is 38.1 Å². The fraction of sp³-hybridized carbons (Fsp3) is 0.174. The molecule has 4 N–H and O–H groups in total. The summed E-state index contributed by atoms with van der Waals surface area (Å²) < 4.78 is 22.2. The molecular formula is C23H21FN4O4. The van der Waals surface area contributed by atoms with Crippen LogP contribution in [-0.2, 0) is 4.79 Å². The number of nitrogens with one attached hydrogen (secondary N) is 1. The standard InChI is InChI=1S/C23H21FN4O4/c1-13-20(21(30)27-23(2,12-29)22(25)31)16-10-15(17(24)11-19(16)32-13)18-8-9-26-28(18)14-6-4-3-5-7-14/h3-11,29H,12H2,1-2H3,(H2,25,31)(H,27,30)/t23-/m0/s1. The molecule has 0 aliphatic rings. The van der Waals surface area contributed by atoms with Crippen LogP contribution in [0.15, 0.2) is 59.1 Å². The van der Waals surface area contributed by atoms with Crippen molar-refractivity contribution in [3.8, 4) is 16.9 Å². The Balaban J connectivity index is 1.84. The number of hydrogen-bond acceptors (Lipinski definition) is 5. The maximum absolute atomic E-state index is 15.1. The second kappa shape index (κ2) is 7.93. The predicted octanol–water partition coefficient (Wildman–Crippen LogP) is 2.70. The van der Waals surface area contributed by atoms with Crippen molar-refractivity contribution in [2.24, 2.45) is 5.73 Å². The molecule has 164 valence electrons. The molecule has 4 aromatic rings. The molecule has 0 saturated heterocycles. The number of aromatic nitrogens is 2. The van der Waals surface area contributed by atoms with E-state index in [1.54, 1.807) is 23.9 Å². The van der Waals surface area contributed by atoms with Gasteiger partial charge in [0.1, 0.15) is 22.7 Å². The number of carbonyl (C=O) groups excluding carboxylic acids is 2. The Labute approximate surface area is 182 Å². The summed E-state index contributed by atoms with van der Waals surface area (Å²) in [6, 6.07) is 13.6. The summed E-state index contributed by atoms with van der Waals surface area (Å²) in [5.41, 5.74) is 5.39. The third-order valence-corrected chi connectivity index (χ3v) is 5.35. The number of rotatable bonds is 6. The minimum absolute atomic E-state index is 0.118. The van der Waals surface area contributed by atoms with Gasteiger partial charge in [-0.2, -0.15) is 5.10 Å². The number of halogens is 1. The van der Waals surface area contributed by atoms with Crippen LogP contribution in [-0.4, -0.2) is 38.8 Å². The molecule has 0 fully saturated rings. The third kappa shape index (κ3) is 3.52. The lowest BCUT2D eigenvalue weighted by Gasteiger charge is -2.24. The van der Waals surface area contributed by atoms with Gasteiger partial charge in [0, 0.05) is 17.0 Å². The van der Waals surface area contributed by atoms with E-state index in [1.807, 2.05) is 30.3 Å². The Morgan fingerprint density at radius 3 is 2.62 bits per heavy atom. The van der Waals surface area contributed by atoms with Crippen molar-refractivity contribution in [3.63, 3.8) is 0 Å². The summed E-state index contributed by atoms with van der Waals surface area (Å²) in [5, 5.41) is 16.6. The monoisotopic (exact) mass is 436 g/mol. The first-order valence-corrected chi connectivity index (χ1v) is 9.81. The van der Waals surface area contributed by atoms with E-state index in [9.17, 15) is 14.7 Å². The molecule has 0 spiro atoms. The Bertz CT molecular complexity index is 1330. The van der Waals surface area contributed by atoms with Crippen LogP contribution in [0.4, 0.5) is 4.39 Å². The van der Waals surface area contributed by atoms with Crippen LogP contribution in [0, 0.1) is 12.7 Å². The quantitative estimate of drug-likeness (QED) is 0.429. The number of carbonyl (C=O) groups is 2. The zero-order chi connectivity index (χ0) is 23.0. The van der Waals surface area contributed by atoms with Crippen LogP contribution in [0.5, 0.6) is 0 Å². The maximum atomic E-state index is 15.1. The number of nitrogens with zero attached hydrogens (tertiary/aromatic N) is 2. The smallest absolute Gasteiger partial charge is 0.256 e. The van der Waals surface area contributed by atoms with E-state index in [0.29, 0.717) is 11.1 Å². The molecule has 0 bridgehead atoms. The van der Waals surface area contributed by atoms with Gasteiger partial charge in [-0.25, -0.2) is 9.07 Å². The summed E-state index contributed by atoms with van der Waals surface area (Å²) in [4.78, 5) is 24.7. The Morgan fingerprint density at radius 2 is 1.97 bits per heavy atom. The lowest BCUT2D eigenvalue weighted by atomic mass is 10.0. The van der Waals surface area contributed by atoms with E-state index >= 15 is 4.39 Å². The molecule has 8 nitrogen and oxygen atoms in total. The van der Waals surface area contributed by atoms with Gasteiger partial charge in [-0.3, -0.25) is 9.59 Å². The zero-order valence-electron chi connectivity index (χ0n) is 17.4. The number of benzene rings is 2. The van der Waals surface area contributed by atoms with Crippen molar-refractivity contribution >= 4 is 22.8 Å². The van der Waals surface area contributed by atoms with Gasteiger partial charge < -0.3 is 20.6 Å². The Kier molecular flexibility index (Phi) is 5.27. The SMILES string of the molecule is Cc1oc2cc(F)c(-c3ccnn3-c3ccccc3)cc2c1C(=O)N[C@@](C)(CO)C(N)=O. The van der Waals surface area contributed by atoms with Gasteiger partial charge >= 0.3 is 0 Å². The molecule has 4 rings (SSSR count). The molecule has 32 heavy (non-hydrogen) atoms. The lowest BCUT2D eigenvalue weighted by molar-refractivity contribution is -0.124. The molecule has 9 heteroatoms. The first-order chi connectivity index (χ1) is 15.2. The van der Waals surface area contributed by atoms with Gasteiger partial charge in [-0.15, -0.1) is 0 Å². The van der Waals surface area contributed by atoms with Gasteiger partial charge in [0.2, 0.25) is 5.91 Å². The van der Waals surface area contributed by atoms with E-state index in [2.05, 4.69) is 10.4 Å². The van der Waals surface area contributed by atoms with Gasteiger partial charge in [0.15, 0.2) is 0 Å². The van der Waals surface area contributed by atoms with E-state index in [-0.39, 0.29) is 22.5 Å². The first kappa shape index (κ1) is 21.3. The number of fused-ring (bicyclic) bond motifs is 1. The molecule has 0 aliphatic carbocycles. The van der Waals surface area contributed by atoms with Crippen LogP contribution in [0.25, 0.3) is 27.9 Å². The maximum Gasteiger partial charge on any atom is 0.256 e. The van der Waals surface area contributed by atoms with Crippen LogP contribution in [0.1, 0.15) is 23.0 Å². The average molecular weight is 436 g/mol. The molecule has 1 atom stereocenters. The van der Waals surface area contributed by atoms with E-state index in [0.717, 1.165) is 5.69 Å². The predicted molar refractivity (Wildman–Crippen MR) is 116 cm³/mol. The highest BCUT2D eigenvalue weighted by molar-refractivity contribution is 6.09. The van der Waals surface area contributed by atoms with Crippen LogP contribution in [0.2, 0.25) is 0 Å². The highest BCUT2D eigenvalue weighted by Crippen LogP contribution is 2.33. The average Bonchev–Trinajstić information content (AvgIpc) is 3.37. The molecule has 0 unspecified atom stereocenters. The van der Waals surface area contributed by atoms with Crippen molar-refractivity contribution < 1.29 is 23.5 Å². The van der Waals surface area contributed by atoms with E-state index in [4.69, 9.17) is 10.2 Å². The number of aliphatic hydroxyl groups excluding tert-OH is 1. The summed E-state index contributed by atoms with van der Waals surface area (Å²) in [5.74, 6) is -1.88. The lowest BCUT2D eigenvalue weighted by Crippen LogP contribution is -2.57. The fourth-order valence-corrected chi connectivity index (χ4v) is 3.49. The molecule has 0 radical (unpaired) electrons. The van der Waals surface area contributed by atoms with Gasteiger partial charge in [-0.1, -0.05) is 18.2 Å². The third-order valence-electron chi connectivity index (χ3n) is 5.35. The minimum atomic E-state index is -1.66. The second-order valence-electron chi connectivity index (χ2n) is 7.63. The zero-order valence-corrected chi connectivity index (χ0v) is 17.4. The highest BCUT2D eigenvalue weighted by Gasteiger charge is 2.34. The molecule has 2 aromatic carbocycles. The van der Waals surface area contributed by atoms with Crippen LogP contribution < -0.4 is 11.1 Å². The van der Waals surface area contributed by atoms with Crippen molar-refractivity contribution in [1.82, 2.24) is 15.1 Å². The number of furan rings is 1. The summed E-state index contributed by atoms with van der Waals surface area (Å²) in [7, 11) is 0. The normalized spacial score (nSPS) is 13.1. The number of nitrogens with two attached hydrogens (primary N) is 1. The van der Waals surface area contributed by atoms with Gasteiger partial charge in [0.05, 0.1) is 29.7 Å². The van der Waals surface area contributed by atoms with Gasteiger partial charge in [0.25, 0.3) is 5.91 Å². The van der Waals surface area contributed by atoms with Crippen LogP contribution in [0.3, 0.4) is 0 Å². The molecule has 0 saturated carbocycles. The number of amides is 2. The van der Waals surface area contributed by atoms with E-state index < -0.39 is 29.8 Å².